The summed E-state index contributed by atoms with van der Waals surface area (Å²) in [7, 11) is 0. The van der Waals surface area contributed by atoms with Gasteiger partial charge in [-0.2, -0.15) is 0 Å². The summed E-state index contributed by atoms with van der Waals surface area (Å²) < 4.78 is 0. The second-order valence-corrected chi connectivity index (χ2v) is 12.4. The SMILES string of the molecule is CC(=O)[C@@H]1[C@@H](O)C[C@H]2[C@]3(C)CC[C@H]4C(C)(C)CCC[C@]4(CO)[C@H]3CC(=O)[C@]2(C)[C@H]1C=O. The first-order valence-corrected chi connectivity index (χ1v) is 12.2. The quantitative estimate of drug-likeness (QED) is 0.665. The average Bonchev–Trinajstić information content (AvgIpc) is 2.69. The molecule has 9 atom stereocenters. The number of carbonyl (C=O) groups excluding carboxylic acids is 3. The van der Waals surface area contributed by atoms with Crippen molar-refractivity contribution >= 4 is 17.9 Å². The Hall–Kier alpha value is -1.07. The van der Waals surface area contributed by atoms with Gasteiger partial charge in [-0.3, -0.25) is 9.59 Å². The molecule has 174 valence electrons. The standard InChI is InChI=1S/C26H40O5/c1-15(29)22-16(13-27)25(5)19(11-17(22)30)24(4)10-7-18-23(2,3)8-6-9-26(18,14-28)20(24)12-21(25)31/h13,16-20,22,28,30H,6-12,14H2,1-5H3/t16-,17-,18-,19-,20-,22-,24-,25+,26+/m0/s1. The van der Waals surface area contributed by atoms with Crippen LogP contribution in [0.15, 0.2) is 0 Å². The molecule has 31 heavy (non-hydrogen) atoms. The zero-order chi connectivity index (χ0) is 23.0. The van der Waals surface area contributed by atoms with Gasteiger partial charge in [0.2, 0.25) is 0 Å². The summed E-state index contributed by atoms with van der Waals surface area (Å²) in [6.07, 6.45) is 5.66. The van der Waals surface area contributed by atoms with Crippen molar-refractivity contribution in [3.05, 3.63) is 0 Å². The van der Waals surface area contributed by atoms with Crippen LogP contribution >= 0.6 is 0 Å². The Morgan fingerprint density at radius 2 is 1.77 bits per heavy atom. The van der Waals surface area contributed by atoms with E-state index in [0.29, 0.717) is 18.8 Å². The van der Waals surface area contributed by atoms with E-state index in [1.54, 1.807) is 0 Å². The molecule has 0 aliphatic heterocycles. The number of fused-ring (bicyclic) bond motifs is 5. The van der Waals surface area contributed by atoms with E-state index in [0.717, 1.165) is 38.4 Å². The van der Waals surface area contributed by atoms with Crippen molar-refractivity contribution in [2.45, 2.75) is 85.7 Å². The number of hydrogen-bond donors (Lipinski definition) is 2. The van der Waals surface area contributed by atoms with Gasteiger partial charge in [0.15, 0.2) is 0 Å². The largest absolute Gasteiger partial charge is 0.396 e. The Kier molecular flexibility index (Phi) is 5.38. The lowest BCUT2D eigenvalue weighted by atomic mass is 9.34. The molecule has 5 heteroatoms. The number of ketones is 2. The van der Waals surface area contributed by atoms with Crippen LogP contribution in [0.5, 0.6) is 0 Å². The van der Waals surface area contributed by atoms with E-state index in [4.69, 9.17) is 0 Å². The maximum Gasteiger partial charge on any atom is 0.140 e. The van der Waals surface area contributed by atoms with Crippen LogP contribution in [0.25, 0.3) is 0 Å². The summed E-state index contributed by atoms with van der Waals surface area (Å²) >= 11 is 0. The summed E-state index contributed by atoms with van der Waals surface area (Å²) in [6, 6.07) is 0. The molecule has 0 saturated heterocycles. The van der Waals surface area contributed by atoms with E-state index in [-0.39, 0.29) is 46.3 Å². The van der Waals surface area contributed by atoms with E-state index >= 15 is 0 Å². The van der Waals surface area contributed by atoms with Crippen LogP contribution in [-0.2, 0) is 14.4 Å². The highest BCUT2D eigenvalue weighted by molar-refractivity contribution is 5.92. The molecule has 0 unspecified atom stereocenters. The predicted molar refractivity (Wildman–Crippen MR) is 117 cm³/mol. The van der Waals surface area contributed by atoms with Crippen LogP contribution in [0, 0.1) is 51.2 Å². The highest BCUT2D eigenvalue weighted by atomic mass is 16.3. The number of aldehydes is 1. The fraction of sp³-hybridized carbons (Fsp3) is 0.885. The Labute approximate surface area is 186 Å². The van der Waals surface area contributed by atoms with Crippen LogP contribution in [0.2, 0.25) is 0 Å². The molecule has 0 spiro atoms. The molecular formula is C26H40O5. The van der Waals surface area contributed by atoms with Crippen molar-refractivity contribution in [1.29, 1.82) is 0 Å². The maximum atomic E-state index is 13.9. The van der Waals surface area contributed by atoms with E-state index in [9.17, 15) is 24.6 Å². The van der Waals surface area contributed by atoms with Crippen molar-refractivity contribution < 1.29 is 24.6 Å². The lowest BCUT2D eigenvalue weighted by Crippen LogP contribution is -2.69. The Bertz CT molecular complexity index is 789. The lowest BCUT2D eigenvalue weighted by Gasteiger charge is -2.70. The number of hydrogen-bond acceptors (Lipinski definition) is 5. The first-order valence-electron chi connectivity index (χ1n) is 12.2. The smallest absolute Gasteiger partial charge is 0.140 e. The Balaban J connectivity index is 1.83. The normalized spacial score (nSPS) is 51.3. The average molecular weight is 433 g/mol. The highest BCUT2D eigenvalue weighted by Crippen LogP contribution is 2.72. The van der Waals surface area contributed by atoms with E-state index in [1.165, 1.54) is 6.92 Å². The number of aliphatic hydroxyl groups is 2. The van der Waals surface area contributed by atoms with Gasteiger partial charge in [-0.25, -0.2) is 0 Å². The van der Waals surface area contributed by atoms with Crippen molar-refractivity contribution in [1.82, 2.24) is 0 Å². The van der Waals surface area contributed by atoms with Gasteiger partial charge in [-0.15, -0.1) is 0 Å². The van der Waals surface area contributed by atoms with Gasteiger partial charge in [0, 0.05) is 29.8 Å². The number of Topliss-reactive ketones (excluding diaryl/α,β-unsaturated/α-hetero) is 2. The van der Waals surface area contributed by atoms with Gasteiger partial charge in [-0.05, 0) is 67.6 Å². The van der Waals surface area contributed by atoms with Gasteiger partial charge >= 0.3 is 0 Å². The van der Waals surface area contributed by atoms with Crippen molar-refractivity contribution in [2.75, 3.05) is 6.61 Å². The zero-order valence-electron chi connectivity index (χ0n) is 19.8. The summed E-state index contributed by atoms with van der Waals surface area (Å²) in [5.74, 6) is -1.51. The van der Waals surface area contributed by atoms with Gasteiger partial charge in [-0.1, -0.05) is 34.1 Å². The number of aliphatic hydroxyl groups excluding tert-OH is 2. The van der Waals surface area contributed by atoms with E-state index < -0.39 is 23.4 Å². The highest BCUT2D eigenvalue weighted by Gasteiger charge is 2.71. The van der Waals surface area contributed by atoms with Crippen LogP contribution in [0.1, 0.15) is 79.6 Å². The van der Waals surface area contributed by atoms with E-state index in [1.807, 2.05) is 6.92 Å². The molecule has 0 radical (unpaired) electrons. The fourth-order valence-electron chi connectivity index (χ4n) is 9.50. The molecule has 4 fully saturated rings. The summed E-state index contributed by atoms with van der Waals surface area (Å²) in [6.45, 7) is 10.2. The monoisotopic (exact) mass is 432 g/mol. The topological polar surface area (TPSA) is 91.7 Å². The van der Waals surface area contributed by atoms with Gasteiger partial charge in [0.25, 0.3) is 0 Å². The third-order valence-corrected chi connectivity index (χ3v) is 11.0. The minimum atomic E-state index is -0.934. The van der Waals surface area contributed by atoms with Gasteiger partial charge in [0.1, 0.15) is 17.9 Å². The van der Waals surface area contributed by atoms with Crippen molar-refractivity contribution in [2.24, 2.45) is 51.2 Å². The van der Waals surface area contributed by atoms with Crippen molar-refractivity contribution in [3.8, 4) is 0 Å². The molecule has 4 aliphatic rings. The molecule has 4 rings (SSSR count). The third kappa shape index (κ3) is 2.84. The zero-order valence-corrected chi connectivity index (χ0v) is 19.8. The molecule has 0 aromatic rings. The molecule has 0 amide bonds. The van der Waals surface area contributed by atoms with Gasteiger partial charge < -0.3 is 15.0 Å². The van der Waals surface area contributed by atoms with E-state index in [2.05, 4.69) is 20.8 Å². The Morgan fingerprint density at radius 3 is 2.35 bits per heavy atom. The van der Waals surface area contributed by atoms with Gasteiger partial charge in [0.05, 0.1) is 12.0 Å². The second-order valence-electron chi connectivity index (χ2n) is 12.4. The molecule has 0 aromatic carbocycles. The molecule has 0 bridgehead atoms. The molecule has 2 N–H and O–H groups in total. The third-order valence-electron chi connectivity index (χ3n) is 11.0. The second kappa shape index (κ2) is 7.21. The maximum absolute atomic E-state index is 13.9. The van der Waals surface area contributed by atoms with Crippen LogP contribution < -0.4 is 0 Å². The minimum absolute atomic E-state index is 0.0438. The molecule has 4 aliphatic carbocycles. The van der Waals surface area contributed by atoms with Crippen LogP contribution in [0.4, 0.5) is 0 Å². The molecule has 0 aromatic heterocycles. The molecule has 0 heterocycles. The predicted octanol–water partition coefficient (Wildman–Crippen LogP) is 3.59. The number of carbonyl (C=O) groups is 3. The summed E-state index contributed by atoms with van der Waals surface area (Å²) in [5, 5.41) is 21.8. The lowest BCUT2D eigenvalue weighted by molar-refractivity contribution is -0.230. The Morgan fingerprint density at radius 1 is 1.10 bits per heavy atom. The summed E-state index contributed by atoms with van der Waals surface area (Å²) in [5.41, 5.74) is -1.34. The van der Waals surface area contributed by atoms with Crippen molar-refractivity contribution in [3.63, 3.8) is 0 Å². The molecule has 4 saturated carbocycles. The molecule has 5 nitrogen and oxygen atoms in total. The fourth-order valence-corrected chi connectivity index (χ4v) is 9.50. The first-order chi connectivity index (χ1) is 14.4. The van der Waals surface area contributed by atoms with Crippen LogP contribution in [-0.4, -0.2) is 40.8 Å². The molecular weight excluding hydrogens is 392 g/mol. The first kappa shape index (κ1) is 23.1. The summed E-state index contributed by atoms with van der Waals surface area (Å²) in [4.78, 5) is 38.5. The number of rotatable bonds is 3. The minimum Gasteiger partial charge on any atom is -0.396 e. The van der Waals surface area contributed by atoms with Crippen LogP contribution in [0.3, 0.4) is 0 Å².